The number of anilines is 1. The van der Waals surface area contributed by atoms with Gasteiger partial charge in [0.1, 0.15) is 0 Å². The number of hydrogen-bond donors (Lipinski definition) is 2. The number of H-pyrrole nitrogens is 1. The number of halogens is 1. The van der Waals surface area contributed by atoms with Gasteiger partial charge in [0.05, 0.1) is 28.7 Å². The summed E-state index contributed by atoms with van der Waals surface area (Å²) in [4.78, 5) is 40.1. The highest BCUT2D eigenvalue weighted by Gasteiger charge is 2.15. The molecule has 3 aromatic carbocycles. The number of amides is 1. The topological polar surface area (TPSA) is 115 Å². The van der Waals surface area contributed by atoms with E-state index in [1.165, 1.54) is 12.3 Å². The number of fused-ring (bicyclic) bond motifs is 1. The lowest BCUT2D eigenvalue weighted by Crippen LogP contribution is -2.32. The number of aromatic nitrogens is 2. The van der Waals surface area contributed by atoms with Crippen molar-refractivity contribution >= 4 is 40.3 Å². The SMILES string of the molecule is CCOc1cc(C=Nn2c(=O)[nH]c3ccccc3c2=O)cc(Cl)c1OCC(=O)Nc1ccccc1C. The van der Waals surface area contributed by atoms with Gasteiger partial charge in [0.25, 0.3) is 11.5 Å². The summed E-state index contributed by atoms with van der Waals surface area (Å²) in [6.07, 6.45) is 1.31. The zero-order valence-electron chi connectivity index (χ0n) is 19.6. The Morgan fingerprint density at radius 2 is 1.86 bits per heavy atom. The fraction of sp³-hybridized carbons (Fsp3) is 0.154. The van der Waals surface area contributed by atoms with E-state index >= 15 is 0 Å². The van der Waals surface area contributed by atoms with Crippen molar-refractivity contribution in [2.24, 2.45) is 5.10 Å². The molecule has 4 aromatic rings. The molecule has 1 amide bonds. The van der Waals surface area contributed by atoms with Gasteiger partial charge in [0.2, 0.25) is 0 Å². The second-order valence-electron chi connectivity index (χ2n) is 7.75. The number of nitrogens with one attached hydrogen (secondary N) is 2. The molecule has 0 aliphatic carbocycles. The van der Waals surface area contributed by atoms with Crippen LogP contribution in [0.25, 0.3) is 10.9 Å². The molecule has 0 atom stereocenters. The van der Waals surface area contributed by atoms with E-state index < -0.39 is 11.2 Å². The molecule has 0 radical (unpaired) electrons. The first kappa shape index (κ1) is 24.7. The number of ether oxygens (including phenoxy) is 2. The Morgan fingerprint density at radius 1 is 1.11 bits per heavy atom. The Hall–Kier alpha value is -4.37. The first-order valence-electron chi connectivity index (χ1n) is 11.1. The third kappa shape index (κ3) is 5.47. The van der Waals surface area contributed by atoms with Gasteiger partial charge in [-0.25, -0.2) is 4.79 Å². The van der Waals surface area contributed by atoms with Crippen molar-refractivity contribution in [1.29, 1.82) is 0 Å². The van der Waals surface area contributed by atoms with Gasteiger partial charge < -0.3 is 19.8 Å². The molecule has 2 N–H and O–H groups in total. The number of carbonyl (C=O) groups excluding carboxylic acids is 1. The van der Waals surface area contributed by atoms with Gasteiger partial charge in [-0.3, -0.25) is 9.59 Å². The molecule has 0 spiro atoms. The molecule has 0 saturated heterocycles. The zero-order valence-corrected chi connectivity index (χ0v) is 20.3. The molecule has 0 unspecified atom stereocenters. The average molecular weight is 507 g/mol. The number of para-hydroxylation sites is 2. The van der Waals surface area contributed by atoms with Crippen LogP contribution in [0.15, 0.2) is 75.4 Å². The maximum atomic E-state index is 12.7. The quantitative estimate of drug-likeness (QED) is 0.351. The first-order chi connectivity index (χ1) is 17.4. The smallest absolute Gasteiger partial charge is 0.349 e. The van der Waals surface area contributed by atoms with Crippen molar-refractivity contribution < 1.29 is 14.3 Å². The summed E-state index contributed by atoms with van der Waals surface area (Å²) in [6, 6.07) is 17.2. The summed E-state index contributed by atoms with van der Waals surface area (Å²) in [6.45, 7) is 3.70. The molecule has 0 fully saturated rings. The van der Waals surface area contributed by atoms with E-state index in [0.29, 0.717) is 28.8 Å². The van der Waals surface area contributed by atoms with Crippen molar-refractivity contribution in [1.82, 2.24) is 9.66 Å². The van der Waals surface area contributed by atoms with Crippen LogP contribution in [0, 0.1) is 6.92 Å². The second-order valence-corrected chi connectivity index (χ2v) is 8.16. The van der Waals surface area contributed by atoms with Gasteiger partial charge in [0, 0.05) is 5.69 Å². The molecule has 0 aliphatic rings. The van der Waals surface area contributed by atoms with E-state index in [1.54, 1.807) is 43.3 Å². The lowest BCUT2D eigenvalue weighted by atomic mass is 10.2. The average Bonchev–Trinajstić information content (AvgIpc) is 2.85. The summed E-state index contributed by atoms with van der Waals surface area (Å²) in [5, 5.41) is 7.33. The predicted molar refractivity (Wildman–Crippen MR) is 140 cm³/mol. The Labute approximate surface area is 210 Å². The van der Waals surface area contributed by atoms with Crippen LogP contribution >= 0.6 is 11.6 Å². The fourth-order valence-electron chi connectivity index (χ4n) is 3.49. The Bertz CT molecular complexity index is 1580. The minimum atomic E-state index is -0.675. The van der Waals surface area contributed by atoms with Crippen LogP contribution in [0.1, 0.15) is 18.1 Å². The van der Waals surface area contributed by atoms with Crippen LogP contribution in [-0.2, 0) is 4.79 Å². The van der Waals surface area contributed by atoms with Gasteiger partial charge in [-0.2, -0.15) is 5.10 Å². The van der Waals surface area contributed by atoms with Gasteiger partial charge in [-0.1, -0.05) is 41.9 Å². The van der Waals surface area contributed by atoms with E-state index in [0.717, 1.165) is 10.2 Å². The Morgan fingerprint density at radius 3 is 2.64 bits per heavy atom. The number of nitrogens with zero attached hydrogens (tertiary/aromatic N) is 2. The van der Waals surface area contributed by atoms with Crippen molar-refractivity contribution in [3.63, 3.8) is 0 Å². The molecular formula is C26H23ClN4O5. The van der Waals surface area contributed by atoms with Crippen LogP contribution in [0.5, 0.6) is 11.5 Å². The highest BCUT2D eigenvalue weighted by molar-refractivity contribution is 6.32. The van der Waals surface area contributed by atoms with Crippen molar-refractivity contribution in [3.05, 3.63) is 97.7 Å². The highest BCUT2D eigenvalue weighted by atomic mass is 35.5. The maximum absolute atomic E-state index is 12.7. The van der Waals surface area contributed by atoms with Crippen LogP contribution in [0.4, 0.5) is 5.69 Å². The Kier molecular flexibility index (Phi) is 7.50. The molecule has 9 nitrogen and oxygen atoms in total. The first-order valence-corrected chi connectivity index (χ1v) is 11.5. The maximum Gasteiger partial charge on any atom is 0.349 e. The molecule has 1 heterocycles. The monoisotopic (exact) mass is 506 g/mol. The molecule has 4 rings (SSSR count). The van der Waals surface area contributed by atoms with E-state index in [4.69, 9.17) is 21.1 Å². The molecule has 0 bridgehead atoms. The van der Waals surface area contributed by atoms with E-state index in [1.807, 2.05) is 25.1 Å². The fourth-order valence-corrected chi connectivity index (χ4v) is 3.76. The van der Waals surface area contributed by atoms with Crippen LogP contribution in [-0.4, -0.2) is 35.0 Å². The molecule has 184 valence electrons. The Balaban J connectivity index is 1.57. The molecule has 10 heteroatoms. The van der Waals surface area contributed by atoms with Crippen molar-refractivity contribution in [2.75, 3.05) is 18.5 Å². The minimum absolute atomic E-state index is 0.172. The predicted octanol–water partition coefficient (Wildman–Crippen LogP) is 3.95. The number of aromatic amines is 1. The highest BCUT2D eigenvalue weighted by Crippen LogP contribution is 2.36. The van der Waals surface area contributed by atoms with Crippen LogP contribution in [0.2, 0.25) is 5.02 Å². The normalized spacial score (nSPS) is 11.1. The third-order valence-corrected chi connectivity index (χ3v) is 5.49. The second kappa shape index (κ2) is 10.9. The lowest BCUT2D eigenvalue weighted by molar-refractivity contribution is -0.118. The largest absolute Gasteiger partial charge is 0.490 e. The molecule has 0 saturated carbocycles. The van der Waals surface area contributed by atoms with Gasteiger partial charge in [-0.05, 0) is 55.3 Å². The third-order valence-electron chi connectivity index (χ3n) is 5.20. The number of aryl methyl sites for hydroxylation is 1. The summed E-state index contributed by atoms with van der Waals surface area (Å²) in [7, 11) is 0. The number of carbonyl (C=O) groups is 1. The van der Waals surface area contributed by atoms with Gasteiger partial charge in [-0.15, -0.1) is 4.68 Å². The standard InChI is InChI=1S/C26H23ClN4O5/c1-3-35-22-13-17(14-28-31-25(33)18-9-5-7-11-21(18)30-26(31)34)12-19(27)24(22)36-15-23(32)29-20-10-6-4-8-16(20)2/h4-14H,3,15H2,1-2H3,(H,29,32)(H,30,34). The van der Waals surface area contributed by atoms with Crippen LogP contribution in [0.3, 0.4) is 0 Å². The summed E-state index contributed by atoms with van der Waals surface area (Å²) >= 11 is 6.43. The number of rotatable bonds is 8. The van der Waals surface area contributed by atoms with Crippen LogP contribution < -0.4 is 26.0 Å². The molecular weight excluding hydrogens is 484 g/mol. The summed E-state index contributed by atoms with van der Waals surface area (Å²) in [5.74, 6) is 0.120. The molecule has 36 heavy (non-hydrogen) atoms. The minimum Gasteiger partial charge on any atom is -0.490 e. The van der Waals surface area contributed by atoms with Crippen molar-refractivity contribution in [3.8, 4) is 11.5 Å². The number of benzene rings is 3. The molecule has 0 aliphatic heterocycles. The molecule has 1 aromatic heterocycles. The van der Waals surface area contributed by atoms with Crippen molar-refractivity contribution in [2.45, 2.75) is 13.8 Å². The van der Waals surface area contributed by atoms with E-state index in [-0.39, 0.29) is 29.0 Å². The summed E-state index contributed by atoms with van der Waals surface area (Å²) in [5.41, 5.74) is 1.26. The zero-order chi connectivity index (χ0) is 25.7. The van der Waals surface area contributed by atoms with E-state index in [9.17, 15) is 14.4 Å². The summed E-state index contributed by atoms with van der Waals surface area (Å²) < 4.78 is 12.1. The van der Waals surface area contributed by atoms with Gasteiger partial charge in [0.15, 0.2) is 18.1 Å². The van der Waals surface area contributed by atoms with Gasteiger partial charge >= 0.3 is 5.69 Å². The number of hydrogen-bond acceptors (Lipinski definition) is 6. The van der Waals surface area contributed by atoms with E-state index in [2.05, 4.69) is 15.4 Å². The lowest BCUT2D eigenvalue weighted by Gasteiger charge is -2.15.